The summed E-state index contributed by atoms with van der Waals surface area (Å²) in [4.78, 5) is 50.9. The van der Waals surface area contributed by atoms with E-state index in [1.807, 2.05) is 53.4 Å². The van der Waals surface area contributed by atoms with E-state index in [1.54, 1.807) is 17.0 Å². The second kappa shape index (κ2) is 9.04. The minimum absolute atomic E-state index is 0.0204. The van der Waals surface area contributed by atoms with Crippen molar-refractivity contribution < 1.29 is 29.0 Å². The second-order valence-corrected chi connectivity index (χ2v) is 13.2. The van der Waals surface area contributed by atoms with Crippen LogP contribution >= 0.6 is 20.2 Å². The van der Waals surface area contributed by atoms with Gasteiger partial charge in [-0.25, -0.2) is 0 Å². The molecule has 0 unspecified atom stereocenters. The number of rotatable bonds is 5. The summed E-state index contributed by atoms with van der Waals surface area (Å²) in [6, 6.07) is 18.7. The van der Waals surface area contributed by atoms with Gasteiger partial charge < -0.3 is 29.2 Å². The summed E-state index contributed by atoms with van der Waals surface area (Å²) in [5, 5.41) is 14.0. The van der Waals surface area contributed by atoms with Crippen molar-refractivity contribution in [3.63, 3.8) is 0 Å². The number of phenolic OH excluding ortho intramolecular Hbond substituents is 1. The molecule has 0 aromatic heterocycles. The number of nitrogens with zero attached hydrogens (tertiary/aromatic N) is 2. The van der Waals surface area contributed by atoms with Crippen molar-refractivity contribution in [1.82, 2.24) is 0 Å². The lowest BCUT2D eigenvalue weighted by Gasteiger charge is -2.69. The summed E-state index contributed by atoms with van der Waals surface area (Å²) >= 11 is 6.41. The molecule has 3 saturated carbocycles. The van der Waals surface area contributed by atoms with E-state index in [-0.39, 0.29) is 23.5 Å². The first-order valence-electron chi connectivity index (χ1n) is 14.1. The highest BCUT2D eigenvalue weighted by atomic mass is 35.5. The zero-order valence-electron chi connectivity index (χ0n) is 22.6. The van der Waals surface area contributed by atoms with E-state index in [0.717, 1.165) is 44.8 Å². The molecule has 0 spiro atoms. The highest BCUT2D eigenvalue weighted by Gasteiger charge is 2.76. The Balaban J connectivity index is 1.08. The maximum Gasteiger partial charge on any atom is 0.391 e. The van der Waals surface area contributed by atoms with Gasteiger partial charge in [-0.05, 0) is 47.6 Å². The molecule has 42 heavy (non-hydrogen) atoms. The number of alkyl halides is 1. The minimum atomic E-state index is -2.64. The number of hydrogen-bond donors (Lipinski definition) is 3. The molecule has 0 radical (unpaired) electrons. The maximum atomic E-state index is 14.1. The van der Waals surface area contributed by atoms with E-state index in [4.69, 9.17) is 16.1 Å². The van der Waals surface area contributed by atoms with E-state index in [1.165, 1.54) is 0 Å². The van der Waals surface area contributed by atoms with Gasteiger partial charge in [0.05, 0.1) is 22.2 Å². The van der Waals surface area contributed by atoms with Gasteiger partial charge >= 0.3 is 8.60 Å². The molecule has 4 aromatic carbocycles. The van der Waals surface area contributed by atoms with Crippen molar-refractivity contribution in [3.05, 3.63) is 71.8 Å². The van der Waals surface area contributed by atoms with Crippen LogP contribution in [0.2, 0.25) is 0 Å². The quantitative estimate of drug-likeness (QED) is 0.199. The van der Waals surface area contributed by atoms with Crippen LogP contribution in [0.25, 0.3) is 21.5 Å². The minimum Gasteiger partial charge on any atom is -0.507 e. The van der Waals surface area contributed by atoms with E-state index < -0.39 is 19.4 Å². The molecular formula is C32H28ClN2O6P. The van der Waals surface area contributed by atoms with Crippen LogP contribution in [0.1, 0.15) is 36.3 Å². The van der Waals surface area contributed by atoms with Gasteiger partial charge in [-0.3, -0.25) is 9.59 Å². The number of halogens is 1. The SMILES string of the molecule is O=C(N1CCc2c1cc(O)c1ccccc21)C12CC(C(=O)N3C[C@@H](CCl)c4c3cc(OP(O)O)c3ccccc43)(C1)C2. The molecule has 2 heterocycles. The highest BCUT2D eigenvalue weighted by molar-refractivity contribution is 7.39. The summed E-state index contributed by atoms with van der Waals surface area (Å²) in [7, 11) is -2.64. The number of phenols is 1. The first-order chi connectivity index (χ1) is 20.2. The molecular weight excluding hydrogens is 575 g/mol. The molecule has 3 fully saturated rings. The van der Waals surface area contributed by atoms with Gasteiger partial charge in [0.1, 0.15) is 11.5 Å². The highest BCUT2D eigenvalue weighted by Crippen LogP contribution is 2.75. The average molecular weight is 603 g/mol. The number of amides is 2. The molecule has 9 rings (SSSR count). The van der Waals surface area contributed by atoms with Crippen molar-refractivity contribution in [2.45, 2.75) is 31.6 Å². The molecule has 2 amide bonds. The lowest BCUT2D eigenvalue weighted by Crippen LogP contribution is -2.72. The molecule has 3 N–H and O–H groups in total. The summed E-state index contributed by atoms with van der Waals surface area (Å²) in [6.07, 6.45) is 2.22. The molecule has 2 bridgehead atoms. The summed E-state index contributed by atoms with van der Waals surface area (Å²) in [6.45, 7) is 0.988. The van der Waals surface area contributed by atoms with Crippen LogP contribution in [-0.4, -0.2) is 45.7 Å². The van der Waals surface area contributed by atoms with E-state index in [9.17, 15) is 24.5 Å². The molecule has 1 atom stereocenters. The van der Waals surface area contributed by atoms with Crippen LogP contribution in [0, 0.1) is 10.8 Å². The summed E-state index contributed by atoms with van der Waals surface area (Å²) in [5.41, 5.74) is 2.32. The molecule has 2 aliphatic heterocycles. The fourth-order valence-electron chi connectivity index (χ4n) is 8.17. The summed E-state index contributed by atoms with van der Waals surface area (Å²) < 4.78 is 5.39. The molecule has 0 saturated heterocycles. The van der Waals surface area contributed by atoms with Crippen molar-refractivity contribution >= 4 is 64.9 Å². The average Bonchev–Trinajstić information content (AvgIpc) is 3.53. The Labute approximate surface area is 248 Å². The van der Waals surface area contributed by atoms with Crippen LogP contribution in [-0.2, 0) is 16.0 Å². The van der Waals surface area contributed by atoms with Crippen molar-refractivity contribution in [3.8, 4) is 11.5 Å². The number of aromatic hydroxyl groups is 1. The third-order valence-corrected chi connectivity index (χ3v) is 10.6. The molecule has 214 valence electrons. The second-order valence-electron chi connectivity index (χ2n) is 12.2. The smallest absolute Gasteiger partial charge is 0.391 e. The molecule has 3 aliphatic carbocycles. The number of hydrogen-bond acceptors (Lipinski definition) is 6. The first kappa shape index (κ1) is 26.2. The van der Waals surface area contributed by atoms with Gasteiger partial charge in [0.2, 0.25) is 11.8 Å². The standard InChI is InChI=1S/C32H28ClN2O6P/c33-13-18-14-35(25-12-27(41-42(39)40)22-7-3-4-8-23(22)28(18)25)30(38)32-15-31(16-32,17-32)29(37)34-10-9-20-19-5-1-2-6-21(19)26(36)11-24(20)34/h1-8,11-12,18,36,39-40H,9-10,13-17H2/t18-,31?,32?/m1/s1. The fourth-order valence-corrected chi connectivity index (χ4v) is 8.75. The Morgan fingerprint density at radius 1 is 0.881 bits per heavy atom. The third kappa shape index (κ3) is 3.47. The predicted octanol–water partition coefficient (Wildman–Crippen LogP) is 5.72. The van der Waals surface area contributed by atoms with Gasteiger partial charge in [0.15, 0.2) is 0 Å². The van der Waals surface area contributed by atoms with Crippen LogP contribution in [0.4, 0.5) is 11.4 Å². The Morgan fingerprint density at radius 2 is 1.50 bits per heavy atom. The number of anilines is 2. The Kier molecular flexibility index (Phi) is 5.65. The number of fused-ring (bicyclic) bond motifs is 6. The Hall–Kier alpha value is -3.42. The van der Waals surface area contributed by atoms with Crippen LogP contribution in [0.15, 0.2) is 60.7 Å². The zero-order valence-corrected chi connectivity index (χ0v) is 24.2. The van der Waals surface area contributed by atoms with Crippen LogP contribution in [0.5, 0.6) is 11.5 Å². The van der Waals surface area contributed by atoms with Gasteiger partial charge in [-0.15, -0.1) is 11.6 Å². The topological polar surface area (TPSA) is 111 Å². The third-order valence-electron chi connectivity index (χ3n) is 9.91. The largest absolute Gasteiger partial charge is 0.507 e. The molecule has 10 heteroatoms. The predicted molar refractivity (Wildman–Crippen MR) is 162 cm³/mol. The normalized spacial score (nSPS) is 25.4. The van der Waals surface area contributed by atoms with E-state index in [0.29, 0.717) is 49.7 Å². The van der Waals surface area contributed by atoms with Crippen LogP contribution < -0.4 is 14.3 Å². The lowest BCUT2D eigenvalue weighted by atomic mass is 9.34. The lowest BCUT2D eigenvalue weighted by molar-refractivity contribution is -0.204. The first-order valence-corrected chi connectivity index (χ1v) is 15.8. The van der Waals surface area contributed by atoms with Gasteiger partial charge in [0, 0.05) is 47.8 Å². The van der Waals surface area contributed by atoms with Gasteiger partial charge in [-0.2, -0.15) is 0 Å². The number of carbonyl (C=O) groups excluding carboxylic acids is 2. The van der Waals surface area contributed by atoms with Crippen molar-refractivity contribution in [2.24, 2.45) is 10.8 Å². The van der Waals surface area contributed by atoms with E-state index >= 15 is 0 Å². The Morgan fingerprint density at radius 3 is 2.17 bits per heavy atom. The number of benzene rings is 4. The molecule has 4 aromatic rings. The van der Waals surface area contributed by atoms with Gasteiger partial charge in [-0.1, -0.05) is 48.5 Å². The number of carbonyl (C=O) groups is 2. The zero-order chi connectivity index (χ0) is 29.0. The molecule has 8 nitrogen and oxygen atoms in total. The van der Waals surface area contributed by atoms with E-state index in [2.05, 4.69) is 0 Å². The van der Waals surface area contributed by atoms with Crippen LogP contribution in [0.3, 0.4) is 0 Å². The maximum absolute atomic E-state index is 14.1. The molecule has 5 aliphatic rings. The van der Waals surface area contributed by atoms with Crippen molar-refractivity contribution in [1.29, 1.82) is 0 Å². The fraction of sp³-hybridized carbons (Fsp3) is 0.312. The van der Waals surface area contributed by atoms with Crippen molar-refractivity contribution in [2.75, 3.05) is 28.8 Å². The van der Waals surface area contributed by atoms with Gasteiger partial charge in [0.25, 0.3) is 0 Å². The Bertz CT molecular complexity index is 1820. The summed E-state index contributed by atoms with van der Waals surface area (Å²) in [5.74, 6) is 0.738. The monoisotopic (exact) mass is 602 g/mol.